The number of nitrogens with zero attached hydrogens (tertiary/aromatic N) is 2. The predicted molar refractivity (Wildman–Crippen MR) is 98.2 cm³/mol. The summed E-state index contributed by atoms with van der Waals surface area (Å²) in [7, 11) is 0. The highest BCUT2D eigenvalue weighted by Crippen LogP contribution is 2.31. The fraction of sp³-hybridized carbons (Fsp3) is 0.333. The molecule has 1 aromatic heterocycles. The highest BCUT2D eigenvalue weighted by molar-refractivity contribution is 6.34. The normalized spacial score (nSPS) is 17.2. The molecule has 9 heteroatoms. The molecule has 144 valence electrons. The number of benzene rings is 1. The maximum Gasteiger partial charge on any atom is 0.417 e. The van der Waals surface area contributed by atoms with Crippen LogP contribution < -0.4 is 10.2 Å². The van der Waals surface area contributed by atoms with Crippen LogP contribution >= 0.6 is 23.2 Å². The quantitative estimate of drug-likeness (QED) is 0.804. The number of halogens is 5. The molecule has 1 saturated heterocycles. The zero-order chi connectivity index (χ0) is 19.6. The fourth-order valence-corrected chi connectivity index (χ4v) is 3.62. The molecule has 1 unspecified atom stereocenters. The van der Waals surface area contributed by atoms with Crippen molar-refractivity contribution in [2.45, 2.75) is 25.1 Å². The van der Waals surface area contributed by atoms with Crippen molar-refractivity contribution < 1.29 is 18.0 Å². The molecule has 1 aromatic carbocycles. The summed E-state index contributed by atoms with van der Waals surface area (Å²) in [6, 6.07) is 5.85. The average Bonchev–Trinajstić information content (AvgIpc) is 3.01. The number of anilines is 1. The molecule has 0 aliphatic carbocycles. The lowest BCUT2D eigenvalue weighted by atomic mass is 10.1. The van der Waals surface area contributed by atoms with Crippen molar-refractivity contribution in [2.75, 3.05) is 18.0 Å². The van der Waals surface area contributed by atoms with Gasteiger partial charge in [-0.2, -0.15) is 13.2 Å². The van der Waals surface area contributed by atoms with Crippen LogP contribution in [0.4, 0.5) is 18.9 Å². The summed E-state index contributed by atoms with van der Waals surface area (Å²) in [4.78, 5) is 17.7. The topological polar surface area (TPSA) is 45.2 Å². The molecule has 0 saturated carbocycles. The largest absolute Gasteiger partial charge is 0.417 e. The van der Waals surface area contributed by atoms with Gasteiger partial charge in [-0.05, 0) is 36.2 Å². The zero-order valence-corrected chi connectivity index (χ0v) is 15.6. The second kappa shape index (κ2) is 7.94. The van der Waals surface area contributed by atoms with Crippen LogP contribution in [0.3, 0.4) is 0 Å². The van der Waals surface area contributed by atoms with Crippen LogP contribution in [-0.2, 0) is 17.4 Å². The molecule has 2 aromatic rings. The van der Waals surface area contributed by atoms with Crippen molar-refractivity contribution in [1.29, 1.82) is 0 Å². The summed E-state index contributed by atoms with van der Waals surface area (Å²) in [5, 5.41) is 3.81. The molecule has 1 fully saturated rings. The number of rotatable bonds is 4. The minimum absolute atomic E-state index is 0.127. The van der Waals surface area contributed by atoms with Crippen molar-refractivity contribution in [3.05, 3.63) is 57.8 Å². The summed E-state index contributed by atoms with van der Waals surface area (Å²) in [6.07, 6.45) is -1.48. The van der Waals surface area contributed by atoms with Gasteiger partial charge >= 0.3 is 6.18 Å². The molecule has 1 aliphatic rings. The van der Waals surface area contributed by atoms with Crippen LogP contribution in [-0.4, -0.2) is 30.0 Å². The van der Waals surface area contributed by atoms with E-state index in [0.29, 0.717) is 40.8 Å². The third-order valence-corrected chi connectivity index (χ3v) is 4.69. The highest BCUT2D eigenvalue weighted by atomic mass is 35.5. The minimum atomic E-state index is -4.44. The Kier molecular flexibility index (Phi) is 5.81. The van der Waals surface area contributed by atoms with Gasteiger partial charge in [0.2, 0.25) is 5.91 Å². The Morgan fingerprint density at radius 2 is 1.89 bits per heavy atom. The number of hydrogen-bond acceptors (Lipinski definition) is 3. The molecular weight excluding hydrogens is 402 g/mol. The number of carbonyl (C=O) groups excluding carboxylic acids is 1. The van der Waals surface area contributed by atoms with Crippen LogP contribution in [0.1, 0.15) is 17.5 Å². The number of alkyl halides is 3. The van der Waals surface area contributed by atoms with Crippen molar-refractivity contribution in [3.8, 4) is 0 Å². The smallest absolute Gasteiger partial charge is 0.368 e. The van der Waals surface area contributed by atoms with Crippen LogP contribution in [0, 0.1) is 0 Å². The molecule has 1 aliphatic heterocycles. The Labute approximate surface area is 164 Å². The van der Waals surface area contributed by atoms with Crippen LogP contribution in [0.25, 0.3) is 0 Å². The summed E-state index contributed by atoms with van der Waals surface area (Å²) in [5.41, 5.74) is 0.301. The summed E-state index contributed by atoms with van der Waals surface area (Å²) in [5.74, 6) is -0.192. The van der Waals surface area contributed by atoms with E-state index < -0.39 is 11.7 Å². The number of nitrogens with one attached hydrogen (secondary N) is 1. The first kappa shape index (κ1) is 19.8. The molecule has 1 N–H and O–H groups in total. The van der Waals surface area contributed by atoms with E-state index in [4.69, 9.17) is 23.2 Å². The maximum atomic E-state index is 12.8. The van der Waals surface area contributed by atoms with E-state index in [9.17, 15) is 18.0 Å². The molecule has 27 heavy (non-hydrogen) atoms. The van der Waals surface area contributed by atoms with Gasteiger partial charge in [0.25, 0.3) is 0 Å². The van der Waals surface area contributed by atoms with Gasteiger partial charge in [0.05, 0.1) is 23.9 Å². The maximum absolute atomic E-state index is 12.8. The van der Waals surface area contributed by atoms with E-state index in [1.807, 2.05) is 0 Å². The summed E-state index contributed by atoms with van der Waals surface area (Å²) in [6.45, 7) is 0.960. The standard InChI is InChI=1S/C18H16Cl2F3N3O/c19-13-3-11(4-14(20)7-13)5-17(27)25-15-1-2-26(10-15)16-6-12(8-24-9-16)18(21,22)23/h3-4,6-9,15H,1-2,5,10H2,(H,25,27). The van der Waals surface area contributed by atoms with Gasteiger partial charge in [-0.15, -0.1) is 0 Å². The molecule has 2 heterocycles. The first-order valence-electron chi connectivity index (χ1n) is 8.22. The number of aromatic nitrogens is 1. The summed E-state index contributed by atoms with van der Waals surface area (Å²) < 4.78 is 38.5. The van der Waals surface area contributed by atoms with Gasteiger partial charge in [-0.25, -0.2) is 0 Å². The van der Waals surface area contributed by atoms with Gasteiger partial charge in [-0.1, -0.05) is 23.2 Å². The lowest BCUT2D eigenvalue weighted by molar-refractivity contribution is -0.137. The van der Waals surface area contributed by atoms with Crippen molar-refractivity contribution in [1.82, 2.24) is 10.3 Å². The van der Waals surface area contributed by atoms with Crippen molar-refractivity contribution in [3.63, 3.8) is 0 Å². The van der Waals surface area contributed by atoms with E-state index in [1.54, 1.807) is 23.1 Å². The summed E-state index contributed by atoms with van der Waals surface area (Å²) >= 11 is 11.9. The van der Waals surface area contributed by atoms with E-state index in [-0.39, 0.29) is 18.4 Å². The van der Waals surface area contributed by atoms with Crippen molar-refractivity contribution >= 4 is 34.8 Å². The molecule has 0 bridgehead atoms. The van der Waals surface area contributed by atoms with Crippen LogP contribution in [0.2, 0.25) is 10.0 Å². The molecular formula is C18H16Cl2F3N3O. The van der Waals surface area contributed by atoms with Crippen molar-refractivity contribution in [2.24, 2.45) is 0 Å². The first-order valence-corrected chi connectivity index (χ1v) is 8.98. The van der Waals surface area contributed by atoms with E-state index in [1.165, 1.54) is 6.20 Å². The number of pyridine rings is 1. The molecule has 1 atom stereocenters. The SMILES string of the molecule is O=C(Cc1cc(Cl)cc(Cl)c1)NC1CCN(c2cncc(C(F)(F)F)c2)C1. The van der Waals surface area contributed by atoms with E-state index in [0.717, 1.165) is 12.3 Å². The van der Waals surface area contributed by atoms with E-state index >= 15 is 0 Å². The number of amides is 1. The predicted octanol–water partition coefficient (Wildman–Crippen LogP) is 4.34. The lowest BCUT2D eigenvalue weighted by Crippen LogP contribution is -2.38. The first-order chi connectivity index (χ1) is 12.7. The highest BCUT2D eigenvalue weighted by Gasteiger charge is 2.32. The Morgan fingerprint density at radius 1 is 1.19 bits per heavy atom. The third kappa shape index (κ3) is 5.26. The van der Waals surface area contributed by atoms with Gasteiger partial charge in [0.15, 0.2) is 0 Å². The lowest BCUT2D eigenvalue weighted by Gasteiger charge is -2.20. The Hall–Kier alpha value is -1.99. The molecule has 3 rings (SSSR count). The number of hydrogen-bond donors (Lipinski definition) is 1. The number of carbonyl (C=O) groups is 1. The Bertz CT molecular complexity index is 825. The molecule has 0 radical (unpaired) electrons. The van der Waals surface area contributed by atoms with Gasteiger partial charge in [0.1, 0.15) is 0 Å². The second-order valence-corrected chi connectivity index (χ2v) is 7.26. The third-order valence-electron chi connectivity index (χ3n) is 4.26. The second-order valence-electron chi connectivity index (χ2n) is 6.38. The zero-order valence-electron chi connectivity index (χ0n) is 14.1. The van der Waals surface area contributed by atoms with Gasteiger partial charge in [0, 0.05) is 35.4 Å². The Balaban J connectivity index is 1.59. The molecule has 4 nitrogen and oxygen atoms in total. The fourth-order valence-electron chi connectivity index (χ4n) is 3.05. The van der Waals surface area contributed by atoms with E-state index in [2.05, 4.69) is 10.3 Å². The Morgan fingerprint density at radius 3 is 2.56 bits per heavy atom. The van der Waals surface area contributed by atoms with Gasteiger partial charge in [-0.3, -0.25) is 9.78 Å². The molecule has 1 amide bonds. The van der Waals surface area contributed by atoms with Crippen LogP contribution in [0.15, 0.2) is 36.7 Å². The minimum Gasteiger partial charge on any atom is -0.368 e. The average molecular weight is 418 g/mol. The molecule has 0 spiro atoms. The van der Waals surface area contributed by atoms with Gasteiger partial charge < -0.3 is 10.2 Å². The monoisotopic (exact) mass is 417 g/mol. The van der Waals surface area contributed by atoms with Crippen LogP contribution in [0.5, 0.6) is 0 Å².